The molecule has 1 aliphatic rings. The molecule has 0 N–H and O–H groups in total. The lowest BCUT2D eigenvalue weighted by molar-refractivity contribution is 0.104. The topological polar surface area (TPSA) is 30.0 Å². The molecule has 0 aromatic carbocycles. The van der Waals surface area contributed by atoms with Crippen LogP contribution in [-0.2, 0) is 0 Å². The van der Waals surface area contributed by atoms with Crippen molar-refractivity contribution < 1.29 is 4.79 Å². The average molecular weight is 179 g/mol. The second-order valence-corrected chi connectivity index (χ2v) is 3.80. The third-order valence-corrected chi connectivity index (χ3v) is 2.89. The second kappa shape index (κ2) is 2.83. The molecule has 1 saturated carbocycles. The highest BCUT2D eigenvalue weighted by atomic mass is 32.1. The molecule has 0 unspecified atom stereocenters. The number of aromatic nitrogens is 1. The number of ketones is 1. The van der Waals surface area contributed by atoms with Gasteiger partial charge in [0.1, 0.15) is 5.69 Å². The quantitative estimate of drug-likeness (QED) is 0.526. The Hall–Kier alpha value is -0.960. The second-order valence-electron chi connectivity index (χ2n) is 2.91. The van der Waals surface area contributed by atoms with Crippen LogP contribution in [0.3, 0.4) is 0 Å². The molecule has 3 heteroatoms. The monoisotopic (exact) mass is 179 g/mol. The number of carbonyl (C=O) groups is 1. The van der Waals surface area contributed by atoms with E-state index in [4.69, 9.17) is 0 Å². The normalized spacial score (nSPS) is 16.0. The lowest BCUT2D eigenvalue weighted by atomic mass is 10.3. The van der Waals surface area contributed by atoms with E-state index in [0.29, 0.717) is 11.6 Å². The van der Waals surface area contributed by atoms with Crippen LogP contribution in [0.1, 0.15) is 34.3 Å². The standard InChI is InChI=1S/C9H9NOS/c1-2-8(11)7-5-12-9(10-7)6-3-4-6/h2,5-6H,1,3-4H2. The zero-order chi connectivity index (χ0) is 8.55. The Bertz CT molecular complexity index is 325. The number of hydrogen-bond acceptors (Lipinski definition) is 3. The predicted octanol–water partition coefficient (Wildman–Crippen LogP) is 2.39. The van der Waals surface area contributed by atoms with E-state index < -0.39 is 0 Å². The number of carbonyl (C=O) groups excluding carboxylic acids is 1. The lowest BCUT2D eigenvalue weighted by Gasteiger charge is -1.86. The zero-order valence-corrected chi connectivity index (χ0v) is 7.43. The summed E-state index contributed by atoms with van der Waals surface area (Å²) < 4.78 is 0. The molecule has 2 rings (SSSR count). The summed E-state index contributed by atoms with van der Waals surface area (Å²) in [6.07, 6.45) is 3.77. The van der Waals surface area contributed by atoms with Crippen molar-refractivity contribution in [3.63, 3.8) is 0 Å². The molecular weight excluding hydrogens is 170 g/mol. The van der Waals surface area contributed by atoms with Gasteiger partial charge in [0.15, 0.2) is 0 Å². The maximum Gasteiger partial charge on any atom is 0.204 e. The van der Waals surface area contributed by atoms with Gasteiger partial charge in [-0.2, -0.15) is 0 Å². The Morgan fingerprint density at radius 3 is 3.08 bits per heavy atom. The van der Waals surface area contributed by atoms with E-state index in [1.807, 2.05) is 5.38 Å². The molecule has 1 fully saturated rings. The summed E-state index contributed by atoms with van der Waals surface area (Å²) in [7, 11) is 0. The molecule has 1 heterocycles. The third kappa shape index (κ3) is 1.32. The van der Waals surface area contributed by atoms with Crippen molar-refractivity contribution in [3.05, 3.63) is 28.7 Å². The van der Waals surface area contributed by atoms with Crippen LogP contribution < -0.4 is 0 Å². The van der Waals surface area contributed by atoms with Crippen molar-refractivity contribution in [3.8, 4) is 0 Å². The van der Waals surface area contributed by atoms with Crippen LogP contribution in [0.2, 0.25) is 0 Å². The molecule has 2 nitrogen and oxygen atoms in total. The molecule has 0 amide bonds. The van der Waals surface area contributed by atoms with Crippen molar-refractivity contribution in [2.45, 2.75) is 18.8 Å². The Balaban J connectivity index is 2.22. The van der Waals surface area contributed by atoms with Crippen molar-refractivity contribution >= 4 is 17.1 Å². The van der Waals surface area contributed by atoms with Gasteiger partial charge in [-0.15, -0.1) is 11.3 Å². The summed E-state index contributed by atoms with van der Waals surface area (Å²) in [6, 6.07) is 0. The minimum atomic E-state index is -0.0712. The van der Waals surface area contributed by atoms with Crippen molar-refractivity contribution in [2.75, 3.05) is 0 Å². The zero-order valence-electron chi connectivity index (χ0n) is 6.62. The number of thiazole rings is 1. The van der Waals surface area contributed by atoms with Gasteiger partial charge in [-0.3, -0.25) is 4.79 Å². The van der Waals surface area contributed by atoms with Gasteiger partial charge in [0.05, 0.1) is 5.01 Å². The van der Waals surface area contributed by atoms with Crippen molar-refractivity contribution in [1.82, 2.24) is 4.98 Å². The summed E-state index contributed by atoms with van der Waals surface area (Å²) in [5.41, 5.74) is 0.553. The fourth-order valence-electron chi connectivity index (χ4n) is 1.02. The smallest absolute Gasteiger partial charge is 0.204 e. The van der Waals surface area contributed by atoms with Crippen LogP contribution in [0.15, 0.2) is 18.0 Å². The van der Waals surface area contributed by atoms with Crippen molar-refractivity contribution in [2.24, 2.45) is 0 Å². The summed E-state index contributed by atoms with van der Waals surface area (Å²) >= 11 is 1.58. The molecule has 1 aromatic heterocycles. The molecule has 1 aliphatic carbocycles. The van der Waals surface area contributed by atoms with E-state index in [1.165, 1.54) is 18.9 Å². The molecule has 12 heavy (non-hydrogen) atoms. The van der Waals surface area contributed by atoms with Gasteiger partial charge in [0, 0.05) is 11.3 Å². The maximum atomic E-state index is 11.1. The van der Waals surface area contributed by atoms with Crippen LogP contribution in [0.5, 0.6) is 0 Å². The fourth-order valence-corrected chi connectivity index (χ4v) is 2.00. The molecule has 0 saturated heterocycles. The van der Waals surface area contributed by atoms with Crippen LogP contribution in [0.4, 0.5) is 0 Å². The Morgan fingerprint density at radius 2 is 2.50 bits per heavy atom. The number of rotatable bonds is 3. The van der Waals surface area contributed by atoms with E-state index >= 15 is 0 Å². The summed E-state index contributed by atoms with van der Waals surface area (Å²) in [5, 5.41) is 2.93. The minimum absolute atomic E-state index is 0.0712. The molecule has 0 atom stereocenters. The number of nitrogens with zero attached hydrogens (tertiary/aromatic N) is 1. The molecular formula is C9H9NOS. The molecule has 1 aromatic rings. The molecule has 0 aliphatic heterocycles. The largest absolute Gasteiger partial charge is 0.288 e. The maximum absolute atomic E-state index is 11.1. The average Bonchev–Trinajstić information content (AvgIpc) is 2.83. The van der Waals surface area contributed by atoms with E-state index in [9.17, 15) is 4.79 Å². The summed E-state index contributed by atoms with van der Waals surface area (Å²) in [5.74, 6) is 0.569. The Kier molecular flexibility index (Phi) is 1.81. The number of allylic oxidation sites excluding steroid dienone is 1. The molecule has 62 valence electrons. The van der Waals surface area contributed by atoms with Gasteiger partial charge < -0.3 is 0 Å². The van der Waals surface area contributed by atoms with Gasteiger partial charge in [0.2, 0.25) is 5.78 Å². The fraction of sp³-hybridized carbons (Fsp3) is 0.333. The Labute approximate surface area is 74.9 Å². The first kappa shape index (κ1) is 7.68. The van der Waals surface area contributed by atoms with Gasteiger partial charge in [-0.1, -0.05) is 6.58 Å². The van der Waals surface area contributed by atoms with Crippen LogP contribution >= 0.6 is 11.3 Å². The summed E-state index contributed by atoms with van der Waals surface area (Å²) in [6.45, 7) is 3.42. The first-order valence-electron chi connectivity index (χ1n) is 3.93. The van der Waals surface area contributed by atoms with E-state index in [1.54, 1.807) is 11.3 Å². The lowest BCUT2D eigenvalue weighted by Crippen LogP contribution is -1.93. The number of hydrogen-bond donors (Lipinski definition) is 0. The highest BCUT2D eigenvalue weighted by Crippen LogP contribution is 2.41. The van der Waals surface area contributed by atoms with Gasteiger partial charge >= 0.3 is 0 Å². The van der Waals surface area contributed by atoms with Crippen LogP contribution in [0, 0.1) is 0 Å². The van der Waals surface area contributed by atoms with E-state index in [2.05, 4.69) is 11.6 Å². The molecule has 0 radical (unpaired) electrons. The third-order valence-electron chi connectivity index (χ3n) is 1.89. The first-order valence-corrected chi connectivity index (χ1v) is 4.81. The van der Waals surface area contributed by atoms with Crippen LogP contribution in [-0.4, -0.2) is 10.8 Å². The predicted molar refractivity (Wildman–Crippen MR) is 48.6 cm³/mol. The molecule has 0 spiro atoms. The van der Waals surface area contributed by atoms with Gasteiger partial charge in [-0.05, 0) is 18.9 Å². The highest BCUT2D eigenvalue weighted by Gasteiger charge is 2.27. The highest BCUT2D eigenvalue weighted by molar-refractivity contribution is 7.10. The molecule has 0 bridgehead atoms. The van der Waals surface area contributed by atoms with Gasteiger partial charge in [0.25, 0.3) is 0 Å². The summed E-state index contributed by atoms with van der Waals surface area (Å²) in [4.78, 5) is 15.3. The Morgan fingerprint density at radius 1 is 1.75 bits per heavy atom. The SMILES string of the molecule is C=CC(=O)c1csc(C2CC2)n1. The van der Waals surface area contributed by atoms with Gasteiger partial charge in [-0.25, -0.2) is 4.98 Å². The van der Waals surface area contributed by atoms with Crippen molar-refractivity contribution in [1.29, 1.82) is 0 Å². The first-order chi connectivity index (χ1) is 5.81. The van der Waals surface area contributed by atoms with E-state index in [0.717, 1.165) is 5.01 Å². The minimum Gasteiger partial charge on any atom is -0.288 e. The van der Waals surface area contributed by atoms with Crippen LogP contribution in [0.25, 0.3) is 0 Å². The van der Waals surface area contributed by atoms with E-state index in [-0.39, 0.29) is 5.78 Å².